The van der Waals surface area contributed by atoms with Crippen LogP contribution in [0.3, 0.4) is 0 Å². The summed E-state index contributed by atoms with van der Waals surface area (Å²) in [6.45, 7) is 2.29. The molecule has 1 aromatic rings. The number of phenols is 1. The molecule has 17 heavy (non-hydrogen) atoms. The van der Waals surface area contributed by atoms with E-state index in [2.05, 4.69) is 13.0 Å². The van der Waals surface area contributed by atoms with Gasteiger partial charge in [0, 0.05) is 11.5 Å². The van der Waals surface area contributed by atoms with E-state index in [1.165, 1.54) is 30.4 Å². The van der Waals surface area contributed by atoms with Gasteiger partial charge in [-0.15, -0.1) is 0 Å². The maximum Gasteiger partial charge on any atom is 0.115 e. The highest BCUT2D eigenvalue weighted by molar-refractivity contribution is 5.43. The van der Waals surface area contributed by atoms with E-state index in [4.69, 9.17) is 5.73 Å². The summed E-state index contributed by atoms with van der Waals surface area (Å²) in [5.74, 6) is 0.999. The molecule has 2 nitrogen and oxygen atoms in total. The van der Waals surface area contributed by atoms with Crippen LogP contribution in [0.15, 0.2) is 18.2 Å². The van der Waals surface area contributed by atoms with Crippen LogP contribution in [0.1, 0.15) is 43.7 Å². The van der Waals surface area contributed by atoms with Gasteiger partial charge in [0.15, 0.2) is 0 Å². The zero-order chi connectivity index (χ0) is 12.0. The number of phenolic OH excluding ortho intramolecular Hbond substituents is 1. The van der Waals surface area contributed by atoms with Gasteiger partial charge >= 0.3 is 0 Å². The van der Waals surface area contributed by atoms with Crippen LogP contribution in [0.5, 0.6) is 5.75 Å². The fraction of sp³-hybridized carbons (Fsp3) is 0.600. The van der Waals surface area contributed by atoms with Gasteiger partial charge in [-0.25, -0.2) is 0 Å². The second-order valence-corrected chi connectivity index (χ2v) is 5.99. The molecule has 0 radical (unpaired) electrons. The van der Waals surface area contributed by atoms with Crippen LogP contribution in [-0.2, 0) is 11.8 Å². The van der Waals surface area contributed by atoms with E-state index in [1.54, 1.807) is 0 Å². The van der Waals surface area contributed by atoms with Crippen LogP contribution in [0.2, 0.25) is 0 Å². The SMILES string of the molecule is CC12CCCCC(Cc3ccc(O)cc31)C2N. The summed E-state index contributed by atoms with van der Waals surface area (Å²) >= 11 is 0. The summed E-state index contributed by atoms with van der Waals surface area (Å²) in [4.78, 5) is 0. The lowest BCUT2D eigenvalue weighted by atomic mass is 9.63. The van der Waals surface area contributed by atoms with Crippen molar-refractivity contribution in [1.29, 1.82) is 0 Å². The Labute approximate surface area is 103 Å². The van der Waals surface area contributed by atoms with Crippen molar-refractivity contribution < 1.29 is 5.11 Å². The molecule has 3 N–H and O–H groups in total. The number of aromatic hydroxyl groups is 1. The topological polar surface area (TPSA) is 46.2 Å². The molecular formula is C15H21NO. The van der Waals surface area contributed by atoms with Crippen molar-refractivity contribution in [3.8, 4) is 5.75 Å². The Morgan fingerprint density at radius 1 is 1.35 bits per heavy atom. The Morgan fingerprint density at radius 3 is 3.00 bits per heavy atom. The maximum atomic E-state index is 9.72. The van der Waals surface area contributed by atoms with E-state index in [-0.39, 0.29) is 11.5 Å². The van der Waals surface area contributed by atoms with Crippen molar-refractivity contribution in [2.75, 3.05) is 0 Å². The molecule has 2 heteroatoms. The average molecular weight is 231 g/mol. The van der Waals surface area contributed by atoms with Crippen LogP contribution >= 0.6 is 0 Å². The van der Waals surface area contributed by atoms with Crippen molar-refractivity contribution in [2.45, 2.75) is 50.5 Å². The zero-order valence-electron chi connectivity index (χ0n) is 10.4. The van der Waals surface area contributed by atoms with Crippen LogP contribution in [0, 0.1) is 5.92 Å². The minimum absolute atomic E-state index is 0.0630. The molecule has 3 rings (SSSR count). The van der Waals surface area contributed by atoms with Gasteiger partial charge < -0.3 is 10.8 Å². The molecule has 2 aliphatic carbocycles. The van der Waals surface area contributed by atoms with Crippen molar-refractivity contribution in [1.82, 2.24) is 0 Å². The lowest BCUT2D eigenvalue weighted by Crippen LogP contribution is -2.51. The molecule has 1 saturated carbocycles. The summed E-state index contributed by atoms with van der Waals surface area (Å²) in [5, 5.41) is 9.72. The normalized spacial score (nSPS) is 36.1. The van der Waals surface area contributed by atoms with Crippen LogP contribution in [0.25, 0.3) is 0 Å². The van der Waals surface area contributed by atoms with E-state index in [1.807, 2.05) is 12.1 Å². The van der Waals surface area contributed by atoms with E-state index >= 15 is 0 Å². The van der Waals surface area contributed by atoms with E-state index in [0.29, 0.717) is 11.7 Å². The van der Waals surface area contributed by atoms with E-state index in [9.17, 15) is 5.11 Å². The molecule has 3 unspecified atom stereocenters. The molecule has 92 valence electrons. The third kappa shape index (κ3) is 1.58. The van der Waals surface area contributed by atoms with Gasteiger partial charge in [-0.05, 0) is 48.4 Å². The van der Waals surface area contributed by atoms with Gasteiger partial charge in [0.25, 0.3) is 0 Å². The second kappa shape index (κ2) is 3.74. The average Bonchev–Trinajstić information content (AvgIpc) is 2.41. The lowest BCUT2D eigenvalue weighted by molar-refractivity contribution is 0.254. The molecule has 0 heterocycles. The molecule has 0 spiro atoms. The highest BCUT2D eigenvalue weighted by Crippen LogP contribution is 2.46. The fourth-order valence-corrected chi connectivity index (χ4v) is 3.87. The summed E-state index contributed by atoms with van der Waals surface area (Å²) in [7, 11) is 0. The maximum absolute atomic E-state index is 9.72. The molecule has 1 fully saturated rings. The first kappa shape index (κ1) is 11.1. The molecule has 0 aliphatic heterocycles. The Kier molecular flexibility index (Phi) is 2.44. The Hall–Kier alpha value is -1.02. The standard InChI is InChI=1S/C15H21NO/c1-15-7-3-2-4-11(14(15)16)8-10-5-6-12(17)9-13(10)15/h5-6,9,11,14,17H,2-4,7-8,16H2,1H3. The predicted molar refractivity (Wildman–Crippen MR) is 69.1 cm³/mol. The molecule has 0 amide bonds. The van der Waals surface area contributed by atoms with Crippen LogP contribution in [-0.4, -0.2) is 11.1 Å². The highest BCUT2D eigenvalue weighted by atomic mass is 16.3. The Balaban J connectivity index is 2.16. The Morgan fingerprint density at radius 2 is 2.18 bits per heavy atom. The molecule has 2 aliphatic rings. The smallest absolute Gasteiger partial charge is 0.115 e. The number of fused-ring (bicyclic) bond motifs is 4. The first-order chi connectivity index (χ1) is 8.11. The number of benzene rings is 1. The summed E-state index contributed by atoms with van der Waals surface area (Å²) in [6, 6.07) is 6.09. The van der Waals surface area contributed by atoms with Gasteiger partial charge in [-0.2, -0.15) is 0 Å². The van der Waals surface area contributed by atoms with Crippen molar-refractivity contribution in [2.24, 2.45) is 11.7 Å². The minimum atomic E-state index is 0.0630. The lowest BCUT2D eigenvalue weighted by Gasteiger charge is -2.44. The minimum Gasteiger partial charge on any atom is -0.508 e. The first-order valence-corrected chi connectivity index (χ1v) is 6.69. The third-order valence-corrected chi connectivity index (χ3v) is 4.96. The molecule has 0 aromatic heterocycles. The van der Waals surface area contributed by atoms with Gasteiger partial charge in [0.05, 0.1) is 0 Å². The number of nitrogens with two attached hydrogens (primary N) is 1. The number of hydrogen-bond donors (Lipinski definition) is 2. The van der Waals surface area contributed by atoms with E-state index < -0.39 is 0 Å². The molecule has 2 bridgehead atoms. The van der Waals surface area contributed by atoms with Crippen molar-refractivity contribution >= 4 is 0 Å². The summed E-state index contributed by atoms with van der Waals surface area (Å²) < 4.78 is 0. The molecular weight excluding hydrogens is 210 g/mol. The highest BCUT2D eigenvalue weighted by Gasteiger charge is 2.44. The van der Waals surface area contributed by atoms with Gasteiger partial charge in [-0.3, -0.25) is 0 Å². The van der Waals surface area contributed by atoms with Crippen LogP contribution in [0.4, 0.5) is 0 Å². The van der Waals surface area contributed by atoms with Gasteiger partial charge in [-0.1, -0.05) is 25.8 Å². The number of hydrogen-bond acceptors (Lipinski definition) is 2. The third-order valence-electron chi connectivity index (χ3n) is 4.96. The molecule has 1 aromatic carbocycles. The zero-order valence-corrected chi connectivity index (χ0v) is 10.4. The van der Waals surface area contributed by atoms with Crippen molar-refractivity contribution in [3.05, 3.63) is 29.3 Å². The van der Waals surface area contributed by atoms with E-state index in [0.717, 1.165) is 12.8 Å². The van der Waals surface area contributed by atoms with Gasteiger partial charge in [0.1, 0.15) is 5.75 Å². The quantitative estimate of drug-likeness (QED) is 0.721. The predicted octanol–water partition coefficient (Wildman–Crippen LogP) is 2.72. The number of rotatable bonds is 0. The summed E-state index contributed by atoms with van der Waals surface area (Å²) in [5.41, 5.74) is 9.26. The van der Waals surface area contributed by atoms with Crippen LogP contribution < -0.4 is 5.73 Å². The summed E-state index contributed by atoms with van der Waals surface area (Å²) in [6.07, 6.45) is 6.06. The Bertz CT molecular complexity index is 443. The molecule has 3 atom stereocenters. The monoisotopic (exact) mass is 231 g/mol. The first-order valence-electron chi connectivity index (χ1n) is 6.69. The van der Waals surface area contributed by atoms with Crippen molar-refractivity contribution in [3.63, 3.8) is 0 Å². The largest absolute Gasteiger partial charge is 0.508 e. The molecule has 0 saturated heterocycles. The fourth-order valence-electron chi connectivity index (χ4n) is 3.87. The van der Waals surface area contributed by atoms with Gasteiger partial charge in [0.2, 0.25) is 0 Å². The second-order valence-electron chi connectivity index (χ2n) is 5.99.